The first-order valence-corrected chi connectivity index (χ1v) is 13.3. The monoisotopic (exact) mass is 417 g/mol. The summed E-state index contributed by atoms with van der Waals surface area (Å²) in [7, 11) is 0. The number of hydrogen-bond acceptors (Lipinski definition) is 2. The number of hydrogen-bond donors (Lipinski definition) is 1. The van der Waals surface area contributed by atoms with Gasteiger partial charge in [-0.3, -0.25) is 0 Å². The van der Waals surface area contributed by atoms with Crippen LogP contribution in [0.2, 0.25) is 0 Å². The van der Waals surface area contributed by atoms with Crippen molar-refractivity contribution < 1.29 is 4.74 Å². The quantitative estimate of drug-likeness (QED) is 0.201. The van der Waals surface area contributed by atoms with Crippen LogP contribution in [0.4, 0.5) is 5.69 Å². The second-order valence-electron chi connectivity index (χ2n) is 9.01. The predicted molar refractivity (Wildman–Crippen MR) is 135 cm³/mol. The smallest absolute Gasteiger partial charge is 0.119 e. The highest BCUT2D eigenvalue weighted by molar-refractivity contribution is 5.46. The standard InChI is InChI=1S/C28H51NO/c1-4-7-10-13-16-19-27(20-17-14-11-8-5-2)30-28-23-21-26(22-24-28)29-25-18-15-12-9-6-3/h21-24,27,29H,4-20,25H2,1-3H3. The van der Waals surface area contributed by atoms with Gasteiger partial charge in [-0.05, 0) is 56.4 Å². The Morgan fingerprint density at radius 1 is 0.600 bits per heavy atom. The minimum atomic E-state index is 0.380. The van der Waals surface area contributed by atoms with E-state index in [0.717, 1.165) is 12.3 Å². The molecule has 1 N–H and O–H groups in total. The van der Waals surface area contributed by atoms with Crippen LogP contribution in [0.25, 0.3) is 0 Å². The predicted octanol–water partition coefficient (Wildman–Crippen LogP) is 9.54. The number of anilines is 1. The summed E-state index contributed by atoms with van der Waals surface area (Å²) in [5, 5.41) is 3.55. The fourth-order valence-electron chi connectivity index (χ4n) is 4.02. The molecule has 0 saturated carbocycles. The molecule has 0 aliphatic heterocycles. The van der Waals surface area contributed by atoms with Crippen molar-refractivity contribution in [3.05, 3.63) is 24.3 Å². The molecule has 2 nitrogen and oxygen atoms in total. The Morgan fingerprint density at radius 2 is 1.07 bits per heavy atom. The van der Waals surface area contributed by atoms with Crippen molar-refractivity contribution in [3.8, 4) is 5.75 Å². The third-order valence-corrected chi connectivity index (χ3v) is 6.03. The molecule has 0 amide bonds. The largest absolute Gasteiger partial charge is 0.490 e. The van der Waals surface area contributed by atoms with E-state index in [1.165, 1.54) is 115 Å². The molecule has 0 aromatic heterocycles. The molecule has 1 aromatic carbocycles. The van der Waals surface area contributed by atoms with Crippen LogP contribution in [0.15, 0.2) is 24.3 Å². The average molecular weight is 418 g/mol. The minimum absolute atomic E-state index is 0.380. The summed E-state index contributed by atoms with van der Waals surface area (Å²) in [6, 6.07) is 8.67. The van der Waals surface area contributed by atoms with Gasteiger partial charge in [0.15, 0.2) is 0 Å². The van der Waals surface area contributed by atoms with Crippen LogP contribution in [-0.2, 0) is 0 Å². The molecule has 0 unspecified atom stereocenters. The summed E-state index contributed by atoms with van der Waals surface area (Å²) >= 11 is 0. The molecule has 174 valence electrons. The Bertz CT molecular complexity index is 456. The summed E-state index contributed by atoms with van der Waals surface area (Å²) in [5.74, 6) is 1.04. The summed E-state index contributed by atoms with van der Waals surface area (Å²) in [6.45, 7) is 7.91. The summed E-state index contributed by atoms with van der Waals surface area (Å²) in [5.41, 5.74) is 1.22. The van der Waals surface area contributed by atoms with E-state index in [9.17, 15) is 0 Å². The van der Waals surface area contributed by atoms with Gasteiger partial charge in [0.1, 0.15) is 5.75 Å². The van der Waals surface area contributed by atoms with E-state index in [4.69, 9.17) is 4.74 Å². The van der Waals surface area contributed by atoms with Gasteiger partial charge in [0.2, 0.25) is 0 Å². The molecular formula is C28H51NO. The molecule has 1 aromatic rings. The van der Waals surface area contributed by atoms with Crippen molar-refractivity contribution in [2.45, 2.75) is 136 Å². The number of ether oxygens (including phenoxy) is 1. The Labute approximate surface area is 188 Å². The SMILES string of the molecule is CCCCCCCNc1ccc(OC(CCCCCCC)CCCCCCC)cc1. The number of benzene rings is 1. The van der Waals surface area contributed by atoms with Crippen LogP contribution in [0, 0.1) is 0 Å². The van der Waals surface area contributed by atoms with Gasteiger partial charge in [0, 0.05) is 12.2 Å². The zero-order valence-electron chi connectivity index (χ0n) is 20.5. The maximum atomic E-state index is 6.42. The second-order valence-corrected chi connectivity index (χ2v) is 9.01. The lowest BCUT2D eigenvalue weighted by molar-refractivity contribution is 0.172. The minimum Gasteiger partial charge on any atom is -0.490 e. The fraction of sp³-hybridized carbons (Fsp3) is 0.786. The lowest BCUT2D eigenvalue weighted by atomic mass is 10.0. The van der Waals surface area contributed by atoms with Crippen molar-refractivity contribution in [3.63, 3.8) is 0 Å². The highest BCUT2D eigenvalue weighted by Gasteiger charge is 2.11. The van der Waals surface area contributed by atoms with E-state index >= 15 is 0 Å². The first-order valence-electron chi connectivity index (χ1n) is 13.3. The molecule has 30 heavy (non-hydrogen) atoms. The average Bonchev–Trinajstić information content (AvgIpc) is 2.76. The van der Waals surface area contributed by atoms with Gasteiger partial charge in [0.05, 0.1) is 6.10 Å². The molecule has 1 rings (SSSR count). The maximum Gasteiger partial charge on any atom is 0.119 e. The third kappa shape index (κ3) is 14.7. The van der Waals surface area contributed by atoms with Crippen LogP contribution >= 0.6 is 0 Å². The Balaban J connectivity index is 2.37. The summed E-state index contributed by atoms with van der Waals surface area (Å²) < 4.78 is 6.42. The molecule has 0 heterocycles. The van der Waals surface area contributed by atoms with Crippen molar-refractivity contribution in [2.24, 2.45) is 0 Å². The summed E-state index contributed by atoms with van der Waals surface area (Å²) in [4.78, 5) is 0. The van der Waals surface area contributed by atoms with Crippen molar-refractivity contribution >= 4 is 5.69 Å². The maximum absolute atomic E-state index is 6.42. The Morgan fingerprint density at radius 3 is 1.57 bits per heavy atom. The van der Waals surface area contributed by atoms with Crippen molar-refractivity contribution in [1.82, 2.24) is 0 Å². The number of unbranched alkanes of at least 4 members (excludes halogenated alkanes) is 12. The van der Waals surface area contributed by atoms with Crippen molar-refractivity contribution in [1.29, 1.82) is 0 Å². The second kappa shape index (κ2) is 19.8. The highest BCUT2D eigenvalue weighted by atomic mass is 16.5. The molecule has 0 fully saturated rings. The highest BCUT2D eigenvalue weighted by Crippen LogP contribution is 2.22. The molecule has 0 atom stereocenters. The van der Waals surface area contributed by atoms with Crippen LogP contribution in [0.1, 0.15) is 130 Å². The molecule has 0 radical (unpaired) electrons. The Kier molecular flexibility index (Phi) is 17.7. The third-order valence-electron chi connectivity index (χ3n) is 6.03. The zero-order chi connectivity index (χ0) is 21.7. The molecule has 0 saturated heterocycles. The molecule has 0 spiro atoms. The van der Waals surface area contributed by atoms with Crippen molar-refractivity contribution in [2.75, 3.05) is 11.9 Å². The first kappa shape index (κ1) is 26.9. The van der Waals surface area contributed by atoms with Gasteiger partial charge in [-0.2, -0.15) is 0 Å². The Hall–Kier alpha value is -1.18. The van der Waals surface area contributed by atoms with Crippen LogP contribution < -0.4 is 10.1 Å². The van der Waals surface area contributed by atoms with Gasteiger partial charge in [0.25, 0.3) is 0 Å². The zero-order valence-corrected chi connectivity index (χ0v) is 20.5. The van der Waals surface area contributed by atoms with Gasteiger partial charge >= 0.3 is 0 Å². The topological polar surface area (TPSA) is 21.3 Å². The van der Waals surface area contributed by atoms with Crippen LogP contribution in [-0.4, -0.2) is 12.6 Å². The van der Waals surface area contributed by atoms with E-state index in [2.05, 4.69) is 50.4 Å². The van der Waals surface area contributed by atoms with Gasteiger partial charge in [-0.1, -0.05) is 97.8 Å². The number of rotatable bonds is 21. The lowest BCUT2D eigenvalue weighted by Crippen LogP contribution is -2.16. The summed E-state index contributed by atoms with van der Waals surface area (Å²) in [6.07, 6.45) is 22.9. The first-order chi connectivity index (χ1) is 14.8. The normalized spacial score (nSPS) is 11.2. The molecule has 2 heteroatoms. The fourth-order valence-corrected chi connectivity index (χ4v) is 4.02. The number of nitrogens with one attached hydrogen (secondary N) is 1. The van der Waals surface area contributed by atoms with E-state index in [0.29, 0.717) is 6.10 Å². The van der Waals surface area contributed by atoms with Crippen LogP contribution in [0.3, 0.4) is 0 Å². The molecule has 0 aliphatic rings. The lowest BCUT2D eigenvalue weighted by Gasteiger charge is -2.20. The van der Waals surface area contributed by atoms with Gasteiger partial charge in [-0.15, -0.1) is 0 Å². The van der Waals surface area contributed by atoms with Gasteiger partial charge in [-0.25, -0.2) is 0 Å². The van der Waals surface area contributed by atoms with Gasteiger partial charge < -0.3 is 10.1 Å². The van der Waals surface area contributed by atoms with E-state index in [1.54, 1.807) is 0 Å². The van der Waals surface area contributed by atoms with E-state index in [-0.39, 0.29) is 0 Å². The molecule has 0 bridgehead atoms. The van der Waals surface area contributed by atoms with E-state index in [1.807, 2.05) is 0 Å². The van der Waals surface area contributed by atoms with E-state index < -0.39 is 0 Å². The molecular weight excluding hydrogens is 366 g/mol. The molecule has 0 aliphatic carbocycles. The van der Waals surface area contributed by atoms with Crippen LogP contribution in [0.5, 0.6) is 5.75 Å².